The van der Waals surface area contributed by atoms with Gasteiger partial charge in [0, 0.05) is 14.6 Å². The highest BCUT2D eigenvalue weighted by molar-refractivity contribution is 5.66. The fraction of sp³-hybridized carbons (Fsp3) is 0.958. The lowest BCUT2D eigenvalue weighted by Gasteiger charge is -2.61. The Bertz CT molecular complexity index is 846. The number of carboxylic acids is 1. The molecule has 154 valence electrons. The third-order valence-corrected chi connectivity index (χ3v) is 9.15. The van der Waals surface area contributed by atoms with Crippen molar-refractivity contribution >= 4 is 5.97 Å². The molecule has 3 heteroatoms. The highest BCUT2D eigenvalue weighted by atomic mass is 16.4. The third-order valence-electron chi connectivity index (χ3n) is 9.15. The summed E-state index contributed by atoms with van der Waals surface area (Å²) in [6, 6.07) is 0. The van der Waals surface area contributed by atoms with E-state index in [1.807, 2.05) is 13.8 Å². The van der Waals surface area contributed by atoms with Crippen molar-refractivity contribution in [2.75, 3.05) is 0 Å². The summed E-state index contributed by atoms with van der Waals surface area (Å²) in [5.74, 6) is -1.05. The van der Waals surface area contributed by atoms with E-state index in [0.29, 0.717) is 18.3 Å². The summed E-state index contributed by atoms with van der Waals surface area (Å²) in [4.78, 5) is 11.4. The Kier molecular flexibility index (Phi) is 3.36. The second-order valence-corrected chi connectivity index (χ2v) is 10.3. The van der Waals surface area contributed by atoms with E-state index in [9.17, 15) is 15.0 Å². The molecule has 4 rings (SSSR count). The van der Waals surface area contributed by atoms with Crippen molar-refractivity contribution in [3.05, 3.63) is 0 Å². The lowest BCUT2D eigenvalue weighted by Crippen LogP contribution is -2.54. The Balaban J connectivity index is 1.61. The Labute approximate surface area is 175 Å². The van der Waals surface area contributed by atoms with Crippen LogP contribution in [0.2, 0.25) is 0 Å². The number of hydrogen-bond donors (Lipinski definition) is 2. The van der Waals surface area contributed by atoms with Crippen molar-refractivity contribution in [1.82, 2.24) is 0 Å². The maximum atomic E-state index is 11.4. The highest BCUT2D eigenvalue weighted by Crippen LogP contribution is 2.68. The first-order valence-electron chi connectivity index (χ1n) is 14.3. The van der Waals surface area contributed by atoms with Gasteiger partial charge in [-0.25, -0.2) is 0 Å². The molecule has 27 heavy (non-hydrogen) atoms. The van der Waals surface area contributed by atoms with Gasteiger partial charge in [0.2, 0.25) is 0 Å². The van der Waals surface area contributed by atoms with Crippen molar-refractivity contribution in [3.63, 3.8) is 0 Å². The van der Waals surface area contributed by atoms with Crippen LogP contribution < -0.4 is 0 Å². The number of hydrogen-bond acceptors (Lipinski definition) is 2. The number of fused-ring (bicyclic) bond motifs is 5. The van der Waals surface area contributed by atoms with Gasteiger partial charge in [-0.15, -0.1) is 0 Å². The van der Waals surface area contributed by atoms with Gasteiger partial charge in [0.1, 0.15) is 0 Å². The van der Waals surface area contributed by atoms with Gasteiger partial charge in [-0.3, -0.25) is 4.79 Å². The minimum Gasteiger partial charge on any atom is -0.481 e. The summed E-state index contributed by atoms with van der Waals surface area (Å²) in [5.41, 5.74) is -0.684. The Morgan fingerprint density at radius 1 is 1.19 bits per heavy atom. The van der Waals surface area contributed by atoms with E-state index in [0.717, 1.165) is 32.1 Å². The van der Waals surface area contributed by atoms with Crippen LogP contribution in [0, 0.1) is 46.3 Å². The molecule has 0 spiro atoms. The highest BCUT2D eigenvalue weighted by Gasteiger charge is 2.60. The van der Waals surface area contributed by atoms with E-state index < -0.39 is 42.5 Å². The summed E-state index contributed by atoms with van der Waals surface area (Å²) < 4.78 is 58.2. The predicted molar refractivity (Wildman–Crippen MR) is 107 cm³/mol. The van der Waals surface area contributed by atoms with Crippen LogP contribution in [0.1, 0.15) is 101 Å². The van der Waals surface area contributed by atoms with Crippen LogP contribution in [0.3, 0.4) is 0 Å². The second-order valence-electron chi connectivity index (χ2n) is 10.3. The predicted octanol–water partition coefficient (Wildman–Crippen LogP) is 5.51. The lowest BCUT2D eigenvalue weighted by atomic mass is 9.44. The quantitative estimate of drug-likeness (QED) is 0.673. The zero-order valence-electron chi connectivity index (χ0n) is 23.9. The summed E-state index contributed by atoms with van der Waals surface area (Å²) in [7, 11) is 0. The van der Waals surface area contributed by atoms with E-state index in [2.05, 4.69) is 6.92 Å². The van der Waals surface area contributed by atoms with E-state index >= 15 is 0 Å². The molecule has 0 aromatic heterocycles. The van der Waals surface area contributed by atoms with Gasteiger partial charge in [-0.05, 0) is 110 Å². The van der Waals surface area contributed by atoms with E-state index in [1.165, 1.54) is 0 Å². The molecule has 0 bridgehead atoms. The molecule has 0 amide bonds. The van der Waals surface area contributed by atoms with Gasteiger partial charge in [0.05, 0.1) is 7.45 Å². The smallest absolute Gasteiger partial charge is 0.303 e. The van der Waals surface area contributed by atoms with E-state index in [1.54, 1.807) is 0 Å². The lowest BCUT2D eigenvalue weighted by molar-refractivity contribution is -0.138. The van der Waals surface area contributed by atoms with E-state index in [4.69, 9.17) is 9.60 Å². The van der Waals surface area contributed by atoms with Crippen molar-refractivity contribution in [2.45, 2.75) is 97.3 Å². The zero-order chi connectivity index (χ0) is 25.7. The molecule has 0 saturated heterocycles. The second kappa shape index (κ2) is 7.04. The topological polar surface area (TPSA) is 57.5 Å². The normalized spacial score (nSPS) is 61.2. The standard InChI is InChI=1S/C24H40O3/c1-15(4-9-22(26)27)19-7-8-20-18-6-5-16-14-17(25)10-12-23(16,2)21(18)11-13-24(19,20)3/h15-21,25H,4-14H2,1-3H3,(H,26,27)/t15-,16-,17-,18+,19-,20+,21+,23+,24-/m1/s1/i9D2,10D2,14D2,17D. The first-order valence-corrected chi connectivity index (χ1v) is 10.8. The van der Waals surface area contributed by atoms with Crippen molar-refractivity contribution in [3.8, 4) is 0 Å². The fourth-order valence-corrected chi connectivity index (χ4v) is 7.80. The van der Waals surface area contributed by atoms with Crippen LogP contribution in [0.25, 0.3) is 0 Å². The summed E-state index contributed by atoms with van der Waals surface area (Å²) in [6.07, 6.45) is -4.83. The Morgan fingerprint density at radius 2 is 1.93 bits per heavy atom. The Hall–Kier alpha value is -0.570. The number of rotatable bonds is 4. The minimum atomic E-state index is -2.78. The van der Waals surface area contributed by atoms with Gasteiger partial charge in [0.25, 0.3) is 0 Å². The van der Waals surface area contributed by atoms with Gasteiger partial charge in [-0.1, -0.05) is 20.8 Å². The molecule has 0 radical (unpaired) electrons. The molecule has 4 aliphatic carbocycles. The number of aliphatic hydroxyl groups is 1. The van der Waals surface area contributed by atoms with Crippen molar-refractivity contribution in [2.24, 2.45) is 46.3 Å². The van der Waals surface area contributed by atoms with Crippen molar-refractivity contribution < 1.29 is 24.6 Å². The van der Waals surface area contributed by atoms with Gasteiger partial charge in [0.15, 0.2) is 0 Å². The molecular formula is C24H40O3. The molecule has 3 nitrogen and oxygen atoms in total. The van der Waals surface area contributed by atoms with Crippen LogP contribution in [-0.4, -0.2) is 22.3 Å². The zero-order valence-corrected chi connectivity index (χ0v) is 16.9. The summed E-state index contributed by atoms with van der Waals surface area (Å²) in [6.45, 7) is 6.23. The molecule has 0 aromatic carbocycles. The van der Waals surface area contributed by atoms with Crippen LogP contribution >= 0.6 is 0 Å². The molecule has 4 aliphatic rings. The van der Waals surface area contributed by atoms with Crippen LogP contribution in [-0.2, 0) is 4.79 Å². The molecule has 0 heterocycles. The molecule has 4 fully saturated rings. The molecule has 0 aromatic rings. The maximum Gasteiger partial charge on any atom is 0.303 e. The average Bonchev–Trinajstić information content (AvgIpc) is 3.03. The molecular weight excluding hydrogens is 336 g/mol. The van der Waals surface area contributed by atoms with Gasteiger partial charge in [-0.2, -0.15) is 0 Å². The van der Waals surface area contributed by atoms with Gasteiger partial charge < -0.3 is 10.2 Å². The third kappa shape index (κ3) is 3.16. The summed E-state index contributed by atoms with van der Waals surface area (Å²) >= 11 is 0. The number of aliphatic carboxylic acids is 1. The molecule has 9 atom stereocenters. The first-order chi connectivity index (χ1) is 15.3. The van der Waals surface area contributed by atoms with Crippen molar-refractivity contribution in [1.29, 1.82) is 0 Å². The van der Waals surface area contributed by atoms with Crippen LogP contribution in [0.5, 0.6) is 0 Å². The molecule has 4 saturated carbocycles. The van der Waals surface area contributed by atoms with Gasteiger partial charge >= 0.3 is 5.97 Å². The number of carbonyl (C=O) groups is 1. The van der Waals surface area contributed by atoms with Crippen LogP contribution in [0.15, 0.2) is 0 Å². The molecule has 0 unspecified atom stereocenters. The largest absolute Gasteiger partial charge is 0.481 e. The molecule has 0 aliphatic heterocycles. The SMILES string of the molecule is [2H]C([2H])(C[C@@H](C)[C@H]1CC[C@H]2[C@@H]3CC[C@@H]4C([2H])([2H])[C@]([2H])(O)C([2H])([2H])C[C@]4(C)[C@H]3CC[C@]12C)C(=O)O. The van der Waals surface area contributed by atoms with E-state index in [-0.39, 0.29) is 36.0 Å². The average molecular weight is 384 g/mol. The fourth-order valence-electron chi connectivity index (χ4n) is 7.80. The van der Waals surface area contributed by atoms with Crippen LogP contribution in [0.4, 0.5) is 0 Å². The number of carboxylic acid groups (broad SMARTS) is 1. The summed E-state index contributed by atoms with van der Waals surface area (Å²) in [5, 5.41) is 19.9. The maximum absolute atomic E-state index is 11.4. The first kappa shape index (κ1) is 12.9. The Morgan fingerprint density at radius 3 is 2.67 bits per heavy atom. The monoisotopic (exact) mass is 383 g/mol. The minimum absolute atomic E-state index is 0.00824. The molecule has 2 N–H and O–H groups in total.